The number of ether oxygens (including phenoxy) is 4. The van der Waals surface area contributed by atoms with Gasteiger partial charge < -0.3 is 24.3 Å². The third-order valence-corrected chi connectivity index (χ3v) is 4.36. The van der Waals surface area contributed by atoms with Crippen LogP contribution in [0, 0.1) is 0 Å². The van der Waals surface area contributed by atoms with Gasteiger partial charge in [0.15, 0.2) is 17.6 Å². The summed E-state index contributed by atoms with van der Waals surface area (Å²) in [6.45, 7) is 4.97. The number of amides is 1. The fourth-order valence-electron chi connectivity index (χ4n) is 2.92. The van der Waals surface area contributed by atoms with Crippen molar-refractivity contribution in [2.24, 2.45) is 0 Å². The van der Waals surface area contributed by atoms with Crippen molar-refractivity contribution in [3.63, 3.8) is 0 Å². The van der Waals surface area contributed by atoms with Gasteiger partial charge in [-0.15, -0.1) is 0 Å². The number of anilines is 1. The van der Waals surface area contributed by atoms with Crippen LogP contribution >= 0.6 is 0 Å². The highest BCUT2D eigenvalue weighted by molar-refractivity contribution is 5.95. The minimum absolute atomic E-state index is 0.158. The Bertz CT molecular complexity index is 866. The molecule has 7 heteroatoms. The summed E-state index contributed by atoms with van der Waals surface area (Å²) in [4.78, 5) is 24.5. The van der Waals surface area contributed by atoms with E-state index < -0.39 is 18.0 Å². The van der Waals surface area contributed by atoms with Crippen molar-refractivity contribution in [3.8, 4) is 17.2 Å². The fraction of sp³-hybridized carbons (Fsp3) is 0.364. The van der Waals surface area contributed by atoms with Crippen LogP contribution in [0.4, 0.5) is 5.69 Å². The number of fused-ring (bicyclic) bond motifs is 1. The number of para-hydroxylation sites is 1. The van der Waals surface area contributed by atoms with Gasteiger partial charge in [-0.05, 0) is 44.0 Å². The molecular weight excluding hydrogens is 374 g/mol. The molecule has 0 fully saturated rings. The van der Waals surface area contributed by atoms with Gasteiger partial charge in [0.1, 0.15) is 19.0 Å². The molecule has 2 aromatic rings. The number of hydrogen-bond acceptors (Lipinski definition) is 6. The molecule has 1 amide bonds. The summed E-state index contributed by atoms with van der Waals surface area (Å²) < 4.78 is 21.8. The van der Waals surface area contributed by atoms with Gasteiger partial charge in [-0.1, -0.05) is 18.2 Å². The van der Waals surface area contributed by atoms with Crippen LogP contribution in [0.3, 0.4) is 0 Å². The lowest BCUT2D eigenvalue weighted by Gasteiger charge is -2.19. The first-order valence-electron chi connectivity index (χ1n) is 9.67. The number of hydrogen-bond donors (Lipinski definition) is 1. The van der Waals surface area contributed by atoms with Gasteiger partial charge in [0, 0.05) is 18.2 Å². The maximum atomic E-state index is 12.3. The van der Waals surface area contributed by atoms with Crippen LogP contribution < -0.4 is 19.5 Å². The first kappa shape index (κ1) is 20.5. The summed E-state index contributed by atoms with van der Waals surface area (Å²) in [6, 6.07) is 12.7. The van der Waals surface area contributed by atoms with Crippen molar-refractivity contribution >= 4 is 17.6 Å². The van der Waals surface area contributed by atoms with Crippen LogP contribution in [-0.4, -0.2) is 37.8 Å². The molecule has 0 spiro atoms. The summed E-state index contributed by atoms with van der Waals surface area (Å²) >= 11 is 0. The SMILES string of the molecule is CCOc1ccccc1CCC(=O)OC(C)C(=O)Nc1ccc2c(c1)OCCO2. The lowest BCUT2D eigenvalue weighted by atomic mass is 10.1. The van der Waals surface area contributed by atoms with E-state index in [-0.39, 0.29) is 6.42 Å². The highest BCUT2D eigenvalue weighted by Crippen LogP contribution is 2.32. The average Bonchev–Trinajstić information content (AvgIpc) is 2.73. The minimum Gasteiger partial charge on any atom is -0.494 e. The third-order valence-electron chi connectivity index (χ3n) is 4.36. The molecular formula is C22H25NO6. The molecule has 7 nitrogen and oxygen atoms in total. The number of rotatable bonds is 8. The highest BCUT2D eigenvalue weighted by Gasteiger charge is 2.19. The Balaban J connectivity index is 1.50. The van der Waals surface area contributed by atoms with Gasteiger partial charge in [-0.3, -0.25) is 9.59 Å². The van der Waals surface area contributed by atoms with Crippen molar-refractivity contribution in [1.82, 2.24) is 0 Å². The van der Waals surface area contributed by atoms with E-state index in [0.717, 1.165) is 11.3 Å². The molecule has 1 N–H and O–H groups in total. The Morgan fingerprint density at radius 2 is 1.86 bits per heavy atom. The molecule has 1 unspecified atom stereocenters. The van der Waals surface area contributed by atoms with Crippen molar-refractivity contribution in [1.29, 1.82) is 0 Å². The third kappa shape index (κ3) is 5.63. The largest absolute Gasteiger partial charge is 0.494 e. The second kappa shape index (κ2) is 9.82. The molecule has 0 saturated carbocycles. The van der Waals surface area contributed by atoms with Gasteiger partial charge in [-0.25, -0.2) is 0 Å². The zero-order valence-electron chi connectivity index (χ0n) is 16.6. The smallest absolute Gasteiger partial charge is 0.306 e. The lowest BCUT2D eigenvalue weighted by Crippen LogP contribution is -2.30. The molecule has 0 radical (unpaired) electrons. The van der Waals surface area contributed by atoms with E-state index >= 15 is 0 Å². The number of aryl methyl sites for hydroxylation is 1. The molecule has 2 aromatic carbocycles. The van der Waals surface area contributed by atoms with E-state index in [0.29, 0.717) is 43.4 Å². The van der Waals surface area contributed by atoms with Gasteiger partial charge >= 0.3 is 5.97 Å². The maximum Gasteiger partial charge on any atom is 0.306 e. The Morgan fingerprint density at radius 1 is 1.10 bits per heavy atom. The first-order valence-corrected chi connectivity index (χ1v) is 9.67. The van der Waals surface area contributed by atoms with Gasteiger partial charge in [-0.2, -0.15) is 0 Å². The number of carbonyl (C=O) groups excluding carboxylic acids is 2. The van der Waals surface area contributed by atoms with Crippen molar-refractivity contribution < 1.29 is 28.5 Å². The van der Waals surface area contributed by atoms with E-state index in [1.807, 2.05) is 31.2 Å². The normalized spacial score (nSPS) is 13.3. The van der Waals surface area contributed by atoms with Gasteiger partial charge in [0.2, 0.25) is 0 Å². The molecule has 1 atom stereocenters. The quantitative estimate of drug-likeness (QED) is 0.686. The molecule has 3 rings (SSSR count). The zero-order valence-corrected chi connectivity index (χ0v) is 16.6. The average molecular weight is 399 g/mol. The Labute approximate surface area is 169 Å². The summed E-state index contributed by atoms with van der Waals surface area (Å²) in [7, 11) is 0. The first-order chi connectivity index (χ1) is 14.1. The monoisotopic (exact) mass is 399 g/mol. The van der Waals surface area contributed by atoms with Gasteiger partial charge in [0.05, 0.1) is 6.61 Å². The number of benzene rings is 2. The second-order valence-corrected chi connectivity index (χ2v) is 6.52. The summed E-state index contributed by atoms with van der Waals surface area (Å²) in [5.41, 5.74) is 1.48. The molecule has 0 bridgehead atoms. The number of nitrogens with one attached hydrogen (secondary N) is 1. The summed E-state index contributed by atoms with van der Waals surface area (Å²) in [6.07, 6.45) is -0.283. The highest BCUT2D eigenvalue weighted by atomic mass is 16.6. The summed E-state index contributed by atoms with van der Waals surface area (Å²) in [5.74, 6) is 1.12. The van der Waals surface area contributed by atoms with Crippen LogP contribution in [0.1, 0.15) is 25.8 Å². The Morgan fingerprint density at radius 3 is 2.66 bits per heavy atom. The molecule has 1 aliphatic heterocycles. The number of carbonyl (C=O) groups is 2. The Kier molecular flexibility index (Phi) is 6.94. The van der Waals surface area contributed by atoms with E-state index in [2.05, 4.69) is 5.32 Å². The predicted octanol–water partition coefficient (Wildman–Crippen LogP) is 3.36. The van der Waals surface area contributed by atoms with E-state index in [1.54, 1.807) is 25.1 Å². The van der Waals surface area contributed by atoms with E-state index in [4.69, 9.17) is 18.9 Å². The molecule has 1 heterocycles. The zero-order chi connectivity index (χ0) is 20.6. The number of esters is 1. The molecule has 1 aliphatic rings. The van der Waals surface area contributed by atoms with Crippen LogP contribution in [-0.2, 0) is 20.7 Å². The van der Waals surface area contributed by atoms with Crippen LogP contribution in [0.5, 0.6) is 17.2 Å². The fourth-order valence-corrected chi connectivity index (χ4v) is 2.92. The maximum absolute atomic E-state index is 12.3. The van der Waals surface area contributed by atoms with E-state index in [9.17, 15) is 9.59 Å². The molecule has 0 aliphatic carbocycles. The molecule has 29 heavy (non-hydrogen) atoms. The predicted molar refractivity (Wildman–Crippen MR) is 108 cm³/mol. The Hall–Kier alpha value is -3.22. The lowest BCUT2D eigenvalue weighted by molar-refractivity contribution is -0.153. The molecule has 0 aromatic heterocycles. The van der Waals surface area contributed by atoms with Crippen molar-refractivity contribution in [3.05, 3.63) is 48.0 Å². The van der Waals surface area contributed by atoms with Crippen LogP contribution in [0.25, 0.3) is 0 Å². The topological polar surface area (TPSA) is 83.1 Å². The van der Waals surface area contributed by atoms with Crippen molar-refractivity contribution in [2.75, 3.05) is 25.1 Å². The van der Waals surface area contributed by atoms with E-state index in [1.165, 1.54) is 0 Å². The second-order valence-electron chi connectivity index (χ2n) is 6.52. The molecule has 0 saturated heterocycles. The minimum atomic E-state index is -0.919. The standard InChI is InChI=1S/C22H25NO6/c1-3-26-18-7-5-4-6-16(18)8-11-21(24)29-15(2)22(25)23-17-9-10-19-20(14-17)28-13-12-27-19/h4-7,9-10,14-15H,3,8,11-13H2,1-2H3,(H,23,25). The molecule has 154 valence electrons. The van der Waals surface area contributed by atoms with Crippen molar-refractivity contribution in [2.45, 2.75) is 32.8 Å². The van der Waals surface area contributed by atoms with Crippen LogP contribution in [0.15, 0.2) is 42.5 Å². The van der Waals surface area contributed by atoms with Crippen LogP contribution in [0.2, 0.25) is 0 Å². The summed E-state index contributed by atoms with van der Waals surface area (Å²) in [5, 5.41) is 2.73. The van der Waals surface area contributed by atoms with Gasteiger partial charge in [0.25, 0.3) is 5.91 Å².